The number of carbonyl (C=O) groups is 3. The Balaban J connectivity index is 4.39. The molecule has 0 heterocycles. The van der Waals surface area contributed by atoms with E-state index >= 15 is 0 Å². The van der Waals surface area contributed by atoms with Crippen molar-refractivity contribution in [3.63, 3.8) is 0 Å². The summed E-state index contributed by atoms with van der Waals surface area (Å²) in [6, 6.07) is -0.910. The van der Waals surface area contributed by atoms with E-state index in [0.29, 0.717) is 12.8 Å². The van der Waals surface area contributed by atoms with Crippen LogP contribution in [0.5, 0.6) is 0 Å². The predicted octanol–water partition coefficient (Wildman–Crippen LogP) is 0.860. The first-order chi connectivity index (χ1) is 8.53. The van der Waals surface area contributed by atoms with E-state index in [4.69, 9.17) is 5.11 Å². The van der Waals surface area contributed by atoms with Crippen molar-refractivity contribution < 1.29 is 19.5 Å². The lowest BCUT2D eigenvalue weighted by molar-refractivity contribution is -0.142. The third-order valence-electron chi connectivity index (χ3n) is 2.73. The van der Waals surface area contributed by atoms with Gasteiger partial charge in [-0.1, -0.05) is 20.8 Å². The molecular weight excluding hydrogens is 248 g/mol. The van der Waals surface area contributed by atoms with Crippen molar-refractivity contribution in [2.75, 3.05) is 13.6 Å². The molecule has 0 aliphatic carbocycles. The molecule has 0 radical (unpaired) electrons. The maximum absolute atomic E-state index is 11.6. The smallest absolute Gasteiger partial charge is 0.326 e. The Hall–Kier alpha value is -1.59. The normalized spacial score (nSPS) is 12.7. The van der Waals surface area contributed by atoms with E-state index in [1.54, 1.807) is 0 Å². The Bertz CT molecular complexity index is 347. The minimum Gasteiger partial charge on any atom is -0.480 e. The third-order valence-corrected chi connectivity index (χ3v) is 2.73. The Labute approximate surface area is 114 Å². The lowest BCUT2D eigenvalue weighted by atomic mass is 9.88. The number of hydrogen-bond acceptors (Lipinski definition) is 3. The minimum absolute atomic E-state index is 0.00854. The van der Waals surface area contributed by atoms with Gasteiger partial charge in [-0.05, 0) is 18.3 Å². The molecule has 19 heavy (non-hydrogen) atoms. The molecule has 0 spiro atoms. The van der Waals surface area contributed by atoms with E-state index in [9.17, 15) is 14.4 Å². The fourth-order valence-electron chi connectivity index (χ4n) is 1.40. The topological polar surface area (TPSA) is 86.7 Å². The van der Waals surface area contributed by atoms with Crippen LogP contribution in [0, 0.1) is 5.41 Å². The van der Waals surface area contributed by atoms with Gasteiger partial charge >= 0.3 is 5.97 Å². The quantitative estimate of drug-likeness (QED) is 0.751. The molecule has 2 N–H and O–H groups in total. The van der Waals surface area contributed by atoms with Gasteiger partial charge in [-0.3, -0.25) is 9.59 Å². The summed E-state index contributed by atoms with van der Waals surface area (Å²) >= 11 is 0. The molecule has 0 saturated carbocycles. The number of carboxylic acid groups (broad SMARTS) is 1. The first kappa shape index (κ1) is 17.4. The number of hydrogen-bond donors (Lipinski definition) is 2. The highest BCUT2D eigenvalue weighted by Gasteiger charge is 2.23. The molecule has 110 valence electrons. The Morgan fingerprint density at radius 3 is 2.16 bits per heavy atom. The number of carbonyl (C=O) groups excluding carboxylic acids is 2. The number of nitrogens with one attached hydrogen (secondary N) is 1. The Morgan fingerprint density at radius 2 is 1.79 bits per heavy atom. The van der Waals surface area contributed by atoms with Crippen LogP contribution in [0.25, 0.3) is 0 Å². The standard InChI is InChI=1S/C13H24N2O4/c1-9(16)15(5)8-11(17)14-10(12(18)19)6-7-13(2,3)4/h10H,6-8H2,1-5H3,(H,14,17)(H,18,19). The SMILES string of the molecule is CC(=O)N(C)CC(=O)NC(CCC(C)(C)C)C(=O)O. The van der Waals surface area contributed by atoms with Gasteiger partial charge in [0, 0.05) is 14.0 Å². The van der Waals surface area contributed by atoms with Gasteiger partial charge in [0.15, 0.2) is 0 Å². The summed E-state index contributed by atoms with van der Waals surface area (Å²) in [5.74, 6) is -1.75. The van der Waals surface area contributed by atoms with Crippen molar-refractivity contribution >= 4 is 17.8 Å². The summed E-state index contributed by atoms with van der Waals surface area (Å²) in [5, 5.41) is 11.5. The number of likely N-dealkylation sites (N-methyl/N-ethyl adjacent to an activating group) is 1. The van der Waals surface area contributed by atoms with E-state index in [1.807, 2.05) is 20.8 Å². The lowest BCUT2D eigenvalue weighted by Gasteiger charge is -2.22. The van der Waals surface area contributed by atoms with Gasteiger partial charge in [-0.25, -0.2) is 4.79 Å². The summed E-state index contributed by atoms with van der Waals surface area (Å²) < 4.78 is 0. The summed E-state index contributed by atoms with van der Waals surface area (Å²) in [6.07, 6.45) is 1.06. The zero-order chi connectivity index (χ0) is 15.2. The second-order valence-corrected chi connectivity index (χ2v) is 5.93. The summed E-state index contributed by atoms with van der Waals surface area (Å²) in [7, 11) is 1.49. The second-order valence-electron chi connectivity index (χ2n) is 5.93. The summed E-state index contributed by atoms with van der Waals surface area (Å²) in [6.45, 7) is 7.25. The molecule has 0 aliphatic heterocycles. The Kier molecular flexibility index (Phi) is 6.52. The molecule has 6 nitrogen and oxygen atoms in total. The Morgan fingerprint density at radius 1 is 1.26 bits per heavy atom. The molecule has 0 aromatic heterocycles. The number of amides is 2. The molecule has 0 aromatic rings. The fourth-order valence-corrected chi connectivity index (χ4v) is 1.40. The van der Waals surface area contributed by atoms with Gasteiger partial charge in [0.05, 0.1) is 6.54 Å². The van der Waals surface area contributed by atoms with Crippen LogP contribution >= 0.6 is 0 Å². The van der Waals surface area contributed by atoms with Crippen molar-refractivity contribution in [3.8, 4) is 0 Å². The van der Waals surface area contributed by atoms with Gasteiger partial charge in [0.25, 0.3) is 0 Å². The molecule has 0 aromatic carbocycles. The minimum atomic E-state index is -1.05. The molecule has 1 unspecified atom stereocenters. The number of rotatable bonds is 6. The molecule has 6 heteroatoms. The molecule has 0 rings (SSSR count). The maximum atomic E-state index is 11.6. The van der Waals surface area contributed by atoms with Crippen LogP contribution < -0.4 is 5.32 Å². The van der Waals surface area contributed by atoms with Crippen LogP contribution in [0.1, 0.15) is 40.5 Å². The van der Waals surface area contributed by atoms with Crippen molar-refractivity contribution in [1.29, 1.82) is 0 Å². The maximum Gasteiger partial charge on any atom is 0.326 e. The van der Waals surface area contributed by atoms with Gasteiger partial charge in [0.2, 0.25) is 11.8 Å². The predicted molar refractivity (Wildman–Crippen MR) is 71.6 cm³/mol. The highest BCUT2D eigenvalue weighted by Crippen LogP contribution is 2.21. The van der Waals surface area contributed by atoms with Crippen LogP contribution in [0.15, 0.2) is 0 Å². The van der Waals surface area contributed by atoms with Crippen LogP contribution in [0.4, 0.5) is 0 Å². The zero-order valence-corrected chi connectivity index (χ0v) is 12.3. The van der Waals surface area contributed by atoms with Crippen LogP contribution in [0.2, 0.25) is 0 Å². The van der Waals surface area contributed by atoms with Crippen molar-refractivity contribution in [1.82, 2.24) is 10.2 Å². The number of carboxylic acids is 1. The monoisotopic (exact) mass is 272 g/mol. The highest BCUT2D eigenvalue weighted by atomic mass is 16.4. The molecule has 1 atom stereocenters. The van der Waals surface area contributed by atoms with Crippen LogP contribution in [0.3, 0.4) is 0 Å². The first-order valence-corrected chi connectivity index (χ1v) is 6.27. The van der Waals surface area contributed by atoms with Gasteiger partial charge in [0.1, 0.15) is 6.04 Å². The van der Waals surface area contributed by atoms with E-state index in [1.165, 1.54) is 18.9 Å². The van der Waals surface area contributed by atoms with E-state index in [2.05, 4.69) is 5.32 Å². The lowest BCUT2D eigenvalue weighted by Crippen LogP contribution is -2.46. The molecule has 0 saturated heterocycles. The van der Waals surface area contributed by atoms with Gasteiger partial charge < -0.3 is 15.3 Å². The third kappa shape index (κ3) is 8.18. The zero-order valence-electron chi connectivity index (χ0n) is 12.3. The van der Waals surface area contributed by atoms with E-state index < -0.39 is 17.9 Å². The summed E-state index contributed by atoms with van der Waals surface area (Å²) in [4.78, 5) is 34.9. The molecule has 0 aliphatic rings. The van der Waals surface area contributed by atoms with E-state index in [-0.39, 0.29) is 17.9 Å². The van der Waals surface area contributed by atoms with Crippen molar-refractivity contribution in [3.05, 3.63) is 0 Å². The average molecular weight is 272 g/mol. The van der Waals surface area contributed by atoms with E-state index in [0.717, 1.165) is 0 Å². The second kappa shape index (κ2) is 7.11. The summed E-state index contributed by atoms with van der Waals surface area (Å²) in [5.41, 5.74) is 0.00854. The van der Waals surface area contributed by atoms with Crippen molar-refractivity contribution in [2.24, 2.45) is 5.41 Å². The fraction of sp³-hybridized carbons (Fsp3) is 0.769. The largest absolute Gasteiger partial charge is 0.480 e. The highest BCUT2D eigenvalue weighted by molar-refractivity contribution is 5.87. The number of aliphatic carboxylic acids is 1. The van der Waals surface area contributed by atoms with Gasteiger partial charge in [-0.2, -0.15) is 0 Å². The number of nitrogens with zero attached hydrogens (tertiary/aromatic N) is 1. The first-order valence-electron chi connectivity index (χ1n) is 6.27. The molecule has 0 bridgehead atoms. The van der Waals surface area contributed by atoms with Crippen molar-refractivity contribution in [2.45, 2.75) is 46.6 Å². The molecule has 2 amide bonds. The average Bonchev–Trinajstić information content (AvgIpc) is 2.22. The van der Waals surface area contributed by atoms with Gasteiger partial charge in [-0.15, -0.1) is 0 Å². The molecule has 0 fully saturated rings. The molecular formula is C13H24N2O4. The van der Waals surface area contributed by atoms with Crippen LogP contribution in [-0.4, -0.2) is 47.4 Å². The van der Waals surface area contributed by atoms with Crippen LogP contribution in [-0.2, 0) is 14.4 Å².